The molecular formula is C29H31O2P. The Hall–Kier alpha value is -2.80. The average Bonchev–Trinajstić information content (AvgIpc) is 2.71. The van der Waals surface area contributed by atoms with Crippen LogP contribution in [0.15, 0.2) is 61.2 Å². The van der Waals surface area contributed by atoms with Gasteiger partial charge in [-0.1, -0.05) is 47.5 Å². The summed E-state index contributed by atoms with van der Waals surface area (Å²) in [6.07, 6.45) is 3.75. The Morgan fingerprint density at radius 2 is 1.41 bits per heavy atom. The molecule has 0 aliphatic carbocycles. The smallest absolute Gasteiger partial charge is 0.194 e. The van der Waals surface area contributed by atoms with Crippen molar-refractivity contribution in [3.8, 4) is 0 Å². The lowest BCUT2D eigenvalue weighted by Gasteiger charge is -2.15. The Labute approximate surface area is 193 Å². The van der Waals surface area contributed by atoms with Crippen molar-refractivity contribution < 1.29 is 9.69 Å². The van der Waals surface area contributed by atoms with Gasteiger partial charge in [-0.05, 0) is 87.9 Å². The van der Waals surface area contributed by atoms with Crippen molar-refractivity contribution in [2.45, 2.75) is 47.5 Å². The Balaban J connectivity index is 2.06. The van der Waals surface area contributed by atoms with Gasteiger partial charge in [-0.25, -0.2) is 0 Å². The summed E-state index contributed by atoms with van der Waals surface area (Å²) in [4.78, 5) is 26.9. The fraction of sp³-hybridized carbons (Fsp3) is 0.241. The van der Waals surface area contributed by atoms with Crippen LogP contribution in [0.1, 0.15) is 61.3 Å². The quantitative estimate of drug-likeness (QED) is 0.263. The van der Waals surface area contributed by atoms with E-state index in [1.54, 1.807) is 5.80 Å². The van der Waals surface area contributed by atoms with Crippen LogP contribution in [0.4, 0.5) is 0 Å². The first kappa shape index (κ1) is 23.9. The first-order chi connectivity index (χ1) is 15.2. The molecule has 3 rings (SSSR count). The van der Waals surface area contributed by atoms with Crippen molar-refractivity contribution in [3.63, 3.8) is 0 Å². The second-order valence-corrected chi connectivity index (χ2v) is 10.0. The predicted octanol–water partition coefficient (Wildman–Crippen LogP) is 5.81. The monoisotopic (exact) mass is 442 g/mol. The van der Waals surface area contributed by atoms with E-state index in [1.165, 1.54) is 5.56 Å². The average molecular weight is 443 g/mol. The van der Waals surface area contributed by atoms with Gasteiger partial charge in [0.05, 0.1) is 7.77 Å². The third-order valence-electron chi connectivity index (χ3n) is 5.73. The van der Waals surface area contributed by atoms with Crippen LogP contribution in [0.5, 0.6) is 0 Å². The van der Waals surface area contributed by atoms with E-state index < -0.39 is 7.77 Å². The Morgan fingerprint density at radius 3 is 1.97 bits per heavy atom. The van der Waals surface area contributed by atoms with E-state index in [4.69, 9.17) is 0 Å². The van der Waals surface area contributed by atoms with E-state index in [2.05, 4.69) is 6.58 Å². The molecule has 0 aromatic heterocycles. The molecule has 0 aliphatic heterocycles. The summed E-state index contributed by atoms with van der Waals surface area (Å²) in [6.45, 7) is 13.7. The van der Waals surface area contributed by atoms with Crippen LogP contribution >= 0.6 is 7.77 Å². The second-order valence-electron chi connectivity index (χ2n) is 8.60. The lowest BCUT2D eigenvalue weighted by atomic mass is 9.88. The first-order valence-corrected chi connectivity index (χ1v) is 12.3. The Bertz CT molecular complexity index is 1180. The maximum absolute atomic E-state index is 13.7. The molecule has 1 atom stereocenters. The fourth-order valence-electron chi connectivity index (χ4n) is 4.35. The van der Waals surface area contributed by atoms with Gasteiger partial charge in [0.2, 0.25) is 0 Å². The number of carbonyl (C=O) groups excluding carboxylic acids is 1. The number of hydrogen-bond donors (Lipinski definition) is 0. The third kappa shape index (κ3) is 5.33. The topological polar surface area (TPSA) is 40.1 Å². The third-order valence-corrected chi connectivity index (χ3v) is 7.05. The van der Waals surface area contributed by atoms with Crippen molar-refractivity contribution >= 4 is 24.7 Å². The van der Waals surface area contributed by atoms with Crippen LogP contribution in [0.3, 0.4) is 0 Å². The summed E-state index contributed by atoms with van der Waals surface area (Å²) in [6, 6.07) is 16.0. The molecule has 0 amide bonds. The van der Waals surface area contributed by atoms with Crippen molar-refractivity contribution in [1.82, 2.24) is 0 Å². The van der Waals surface area contributed by atoms with Crippen molar-refractivity contribution in [2.75, 3.05) is 0 Å². The Kier molecular flexibility index (Phi) is 7.61. The molecule has 3 heteroatoms. The predicted molar refractivity (Wildman–Crippen MR) is 137 cm³/mol. The van der Waals surface area contributed by atoms with E-state index in [1.807, 2.05) is 89.2 Å². The molecule has 0 N–H and O–H groups in total. The van der Waals surface area contributed by atoms with Gasteiger partial charge in [-0.15, -0.1) is 6.58 Å². The molecule has 2 nitrogen and oxygen atoms in total. The van der Waals surface area contributed by atoms with Crippen molar-refractivity contribution in [2.24, 2.45) is 0 Å². The molecule has 0 aliphatic rings. The van der Waals surface area contributed by atoms with Gasteiger partial charge in [-0.2, -0.15) is 0 Å². The number of allylic oxidation sites excluding steroid dienone is 1. The summed E-state index contributed by atoms with van der Waals surface area (Å²) in [7, 11) is -1.78. The summed E-state index contributed by atoms with van der Waals surface area (Å²) in [5.41, 5.74) is 8.35. The standard InChI is InChI=1S/C29H31O2P/c1-7-8-9-24-10-12-26(13-11-24)32(31)18-25-17-20(3)16-23(6)28(25)29(30)27-21(4)14-19(2)15-22(27)5/h7,10-18H,1,8-9H2,2-6H3. The molecule has 3 aromatic rings. The molecule has 3 aromatic carbocycles. The highest BCUT2D eigenvalue weighted by Gasteiger charge is 2.21. The van der Waals surface area contributed by atoms with Gasteiger partial charge in [0, 0.05) is 16.7 Å². The molecule has 0 saturated heterocycles. The molecule has 0 fully saturated rings. The zero-order valence-electron chi connectivity index (χ0n) is 19.7. The van der Waals surface area contributed by atoms with E-state index in [-0.39, 0.29) is 5.78 Å². The van der Waals surface area contributed by atoms with Crippen LogP contribution in [0, 0.1) is 34.6 Å². The van der Waals surface area contributed by atoms with Crippen LogP contribution in [0.2, 0.25) is 0 Å². The minimum atomic E-state index is -1.78. The zero-order valence-corrected chi connectivity index (χ0v) is 20.6. The molecule has 1 unspecified atom stereocenters. The van der Waals surface area contributed by atoms with Crippen LogP contribution < -0.4 is 10.2 Å². The molecule has 164 valence electrons. The summed E-state index contributed by atoms with van der Waals surface area (Å²) in [5.74, 6) is 1.74. The van der Waals surface area contributed by atoms with Gasteiger partial charge in [-0.3, -0.25) is 4.79 Å². The highest BCUT2D eigenvalue weighted by Crippen LogP contribution is 2.26. The summed E-state index contributed by atoms with van der Waals surface area (Å²) >= 11 is 0. The summed E-state index contributed by atoms with van der Waals surface area (Å²) < 4.78 is 0. The van der Waals surface area contributed by atoms with E-state index in [0.29, 0.717) is 5.56 Å². The SMILES string of the molecule is C=CCCc1ccc([P+]([O-])=Cc2cc(C)cc(C)c2C(=O)c2c(C)cc(C)cc2C)cc1. The maximum atomic E-state index is 13.7. The summed E-state index contributed by atoms with van der Waals surface area (Å²) in [5, 5.41) is 0.766. The van der Waals surface area contributed by atoms with Crippen molar-refractivity contribution in [3.05, 3.63) is 111 Å². The molecule has 32 heavy (non-hydrogen) atoms. The number of ketones is 1. The largest absolute Gasteiger partial charge is 0.626 e. The number of hydrogen-bond acceptors (Lipinski definition) is 2. The zero-order chi connectivity index (χ0) is 23.4. The maximum Gasteiger partial charge on any atom is 0.194 e. The van der Waals surface area contributed by atoms with Gasteiger partial charge in [0.1, 0.15) is 11.1 Å². The van der Waals surface area contributed by atoms with Gasteiger partial charge in [0.15, 0.2) is 5.78 Å². The molecule has 0 bridgehead atoms. The molecule has 0 spiro atoms. The number of rotatable bonds is 7. The minimum absolute atomic E-state index is 0.00748. The van der Waals surface area contributed by atoms with Crippen molar-refractivity contribution in [1.29, 1.82) is 0 Å². The van der Waals surface area contributed by atoms with Gasteiger partial charge in [0.25, 0.3) is 0 Å². The van der Waals surface area contributed by atoms with Crippen LogP contribution in [-0.4, -0.2) is 11.6 Å². The van der Waals surface area contributed by atoms with E-state index in [0.717, 1.165) is 57.1 Å². The molecule has 0 radical (unpaired) electrons. The van der Waals surface area contributed by atoms with Gasteiger partial charge < -0.3 is 4.89 Å². The molecular weight excluding hydrogens is 411 g/mol. The lowest BCUT2D eigenvalue weighted by molar-refractivity contribution is -0.149. The minimum Gasteiger partial charge on any atom is -0.626 e. The van der Waals surface area contributed by atoms with Gasteiger partial charge >= 0.3 is 0 Å². The highest BCUT2D eigenvalue weighted by molar-refractivity contribution is 7.58. The molecule has 0 saturated carbocycles. The van der Waals surface area contributed by atoms with Crippen LogP contribution in [-0.2, 0) is 6.42 Å². The van der Waals surface area contributed by atoms with Crippen LogP contribution in [0.25, 0.3) is 0 Å². The second kappa shape index (κ2) is 10.2. The number of benzene rings is 3. The van der Waals surface area contributed by atoms with E-state index >= 15 is 0 Å². The highest BCUT2D eigenvalue weighted by atomic mass is 31.1. The fourth-order valence-corrected chi connectivity index (χ4v) is 5.40. The number of aryl methyl sites for hydroxylation is 6. The normalized spacial score (nSPS) is 11.5. The lowest BCUT2D eigenvalue weighted by Crippen LogP contribution is -2.13. The Morgan fingerprint density at radius 1 is 0.875 bits per heavy atom. The first-order valence-electron chi connectivity index (χ1n) is 11.0. The van der Waals surface area contributed by atoms with E-state index in [9.17, 15) is 9.69 Å². The number of carbonyl (C=O) groups is 1. The molecule has 0 heterocycles.